The highest BCUT2D eigenvalue weighted by Crippen LogP contribution is 2.30. The van der Waals surface area contributed by atoms with Crippen molar-refractivity contribution < 1.29 is 9.53 Å². The Bertz CT molecular complexity index is 584. The predicted octanol–water partition coefficient (Wildman–Crippen LogP) is 3.04. The van der Waals surface area contributed by atoms with Crippen LogP contribution in [-0.2, 0) is 4.79 Å². The van der Waals surface area contributed by atoms with Gasteiger partial charge in [-0.1, -0.05) is 24.3 Å². The highest BCUT2D eigenvalue weighted by Gasteiger charge is 2.22. The van der Waals surface area contributed by atoms with E-state index in [2.05, 4.69) is 11.9 Å². The van der Waals surface area contributed by atoms with Crippen LogP contribution < -0.4 is 10.1 Å². The van der Waals surface area contributed by atoms with Crippen molar-refractivity contribution in [2.45, 2.75) is 0 Å². The van der Waals surface area contributed by atoms with Crippen LogP contribution in [0.25, 0.3) is 6.08 Å². The normalized spacial score (nSPS) is 16.6. The van der Waals surface area contributed by atoms with Gasteiger partial charge in [-0.05, 0) is 36.0 Å². The lowest BCUT2D eigenvalue weighted by Crippen LogP contribution is -2.18. The monoisotopic (exact) mass is 294 g/mol. The molecular weight excluding hydrogens is 284 g/mol. The van der Waals surface area contributed by atoms with E-state index in [0.29, 0.717) is 27.8 Å². The van der Waals surface area contributed by atoms with Gasteiger partial charge in [0.05, 0.1) is 4.91 Å². The Morgan fingerprint density at radius 2 is 2.32 bits per heavy atom. The number of halogens is 1. The molecule has 0 saturated carbocycles. The molecule has 0 bridgehead atoms. The number of carbonyl (C=O) groups excluding carboxylic acids is 1. The summed E-state index contributed by atoms with van der Waals surface area (Å²) in [5.74, 6) is 0.327. The van der Waals surface area contributed by atoms with Gasteiger partial charge in [0.1, 0.15) is 12.4 Å². The van der Waals surface area contributed by atoms with Gasteiger partial charge in [-0.25, -0.2) is 0 Å². The Hall–Kier alpha value is -1.72. The summed E-state index contributed by atoms with van der Waals surface area (Å²) in [4.78, 5) is 12.0. The van der Waals surface area contributed by atoms with Crippen LogP contribution in [0.1, 0.15) is 5.56 Å². The van der Waals surface area contributed by atoms with Crippen LogP contribution in [0.5, 0.6) is 5.75 Å². The van der Waals surface area contributed by atoms with Crippen molar-refractivity contribution in [1.82, 2.24) is 5.32 Å². The van der Waals surface area contributed by atoms with Crippen molar-refractivity contribution in [3.63, 3.8) is 0 Å². The molecule has 1 fully saturated rings. The van der Waals surface area contributed by atoms with E-state index < -0.39 is 0 Å². The fourth-order valence-electron chi connectivity index (χ4n) is 1.50. The lowest BCUT2D eigenvalue weighted by Gasteiger charge is -2.08. The maximum atomic E-state index is 11.6. The SMILES string of the molecule is C=CCOc1ccc(Cl)cc1C=C1SC(=N)NC1=O. The highest BCUT2D eigenvalue weighted by molar-refractivity contribution is 8.18. The van der Waals surface area contributed by atoms with Crippen LogP contribution in [-0.4, -0.2) is 17.7 Å². The minimum atomic E-state index is -0.287. The number of rotatable bonds is 4. The van der Waals surface area contributed by atoms with E-state index >= 15 is 0 Å². The molecule has 98 valence electrons. The van der Waals surface area contributed by atoms with Crippen molar-refractivity contribution >= 4 is 40.5 Å². The van der Waals surface area contributed by atoms with E-state index in [9.17, 15) is 4.79 Å². The summed E-state index contributed by atoms with van der Waals surface area (Å²) in [6, 6.07) is 5.16. The highest BCUT2D eigenvalue weighted by atomic mass is 35.5. The van der Waals surface area contributed by atoms with Crippen molar-refractivity contribution in [2.24, 2.45) is 0 Å². The van der Waals surface area contributed by atoms with Crippen molar-refractivity contribution in [3.8, 4) is 5.75 Å². The molecule has 2 rings (SSSR count). The molecular formula is C13H11ClN2O2S. The number of ether oxygens (including phenoxy) is 1. The number of hydrogen-bond donors (Lipinski definition) is 2. The van der Waals surface area contributed by atoms with Crippen LogP contribution in [0.15, 0.2) is 35.8 Å². The maximum Gasteiger partial charge on any atom is 0.264 e. The van der Waals surface area contributed by atoms with Crippen LogP contribution >= 0.6 is 23.4 Å². The zero-order valence-corrected chi connectivity index (χ0v) is 11.5. The van der Waals surface area contributed by atoms with Gasteiger partial charge in [0.25, 0.3) is 5.91 Å². The van der Waals surface area contributed by atoms with E-state index in [1.54, 1.807) is 30.4 Å². The Morgan fingerprint density at radius 3 is 2.95 bits per heavy atom. The largest absolute Gasteiger partial charge is 0.489 e. The summed E-state index contributed by atoms with van der Waals surface area (Å²) in [7, 11) is 0. The summed E-state index contributed by atoms with van der Waals surface area (Å²) in [6.07, 6.45) is 3.30. The standard InChI is InChI=1S/C13H11ClN2O2S/c1-2-5-18-10-4-3-9(14)6-8(10)7-11-12(17)16-13(15)19-11/h2-4,6-7H,1,5H2,(H2,15,16,17). The Labute approximate surface area is 120 Å². The van der Waals surface area contributed by atoms with E-state index in [1.165, 1.54) is 0 Å². The molecule has 2 N–H and O–H groups in total. The summed E-state index contributed by atoms with van der Waals surface area (Å²) < 4.78 is 5.50. The van der Waals surface area contributed by atoms with Gasteiger partial charge in [0.15, 0.2) is 5.17 Å². The molecule has 19 heavy (non-hydrogen) atoms. The van der Waals surface area contributed by atoms with Crippen molar-refractivity contribution in [3.05, 3.63) is 46.3 Å². The second kappa shape index (κ2) is 5.95. The first-order valence-corrected chi connectivity index (χ1v) is 6.62. The summed E-state index contributed by atoms with van der Waals surface area (Å²) in [6.45, 7) is 3.95. The third-order valence-electron chi connectivity index (χ3n) is 2.28. The molecule has 1 aliphatic heterocycles. The molecule has 0 aromatic heterocycles. The second-order valence-corrected chi connectivity index (χ2v) is 5.16. The fourth-order valence-corrected chi connectivity index (χ4v) is 2.37. The molecule has 6 heteroatoms. The quantitative estimate of drug-likeness (QED) is 0.663. The molecule has 1 aliphatic rings. The molecule has 1 saturated heterocycles. The second-order valence-electron chi connectivity index (χ2n) is 3.68. The molecule has 4 nitrogen and oxygen atoms in total. The van der Waals surface area contributed by atoms with Gasteiger partial charge in [0.2, 0.25) is 0 Å². The first-order chi connectivity index (χ1) is 9.10. The molecule has 0 radical (unpaired) electrons. The molecule has 0 unspecified atom stereocenters. The third-order valence-corrected chi connectivity index (χ3v) is 3.34. The minimum absolute atomic E-state index is 0.117. The maximum absolute atomic E-state index is 11.6. The summed E-state index contributed by atoms with van der Waals surface area (Å²) >= 11 is 7.02. The number of amides is 1. The molecule has 0 aliphatic carbocycles. The van der Waals surface area contributed by atoms with Crippen LogP contribution in [0.4, 0.5) is 0 Å². The first kappa shape index (κ1) is 13.7. The summed E-state index contributed by atoms with van der Waals surface area (Å²) in [5.41, 5.74) is 0.696. The lowest BCUT2D eigenvalue weighted by atomic mass is 10.2. The van der Waals surface area contributed by atoms with E-state index in [-0.39, 0.29) is 11.1 Å². The Kier molecular flexibility index (Phi) is 4.29. The smallest absolute Gasteiger partial charge is 0.264 e. The zero-order chi connectivity index (χ0) is 13.8. The van der Waals surface area contributed by atoms with Crippen LogP contribution in [0, 0.1) is 5.41 Å². The summed E-state index contributed by atoms with van der Waals surface area (Å²) in [5, 5.41) is 10.5. The van der Waals surface area contributed by atoms with Crippen LogP contribution in [0.2, 0.25) is 5.02 Å². The van der Waals surface area contributed by atoms with Gasteiger partial charge in [-0.3, -0.25) is 10.2 Å². The Morgan fingerprint density at radius 1 is 1.53 bits per heavy atom. The third kappa shape index (κ3) is 3.39. The Balaban J connectivity index is 2.35. The van der Waals surface area contributed by atoms with Gasteiger partial charge in [0, 0.05) is 10.6 Å². The molecule has 0 spiro atoms. The number of nitrogens with one attached hydrogen (secondary N) is 2. The van der Waals surface area contributed by atoms with E-state index in [1.807, 2.05) is 0 Å². The molecule has 1 amide bonds. The van der Waals surface area contributed by atoms with Crippen molar-refractivity contribution in [2.75, 3.05) is 6.61 Å². The number of thioether (sulfide) groups is 1. The first-order valence-electron chi connectivity index (χ1n) is 5.43. The lowest BCUT2D eigenvalue weighted by molar-refractivity contribution is -0.115. The van der Waals surface area contributed by atoms with Gasteiger partial charge >= 0.3 is 0 Å². The number of amidine groups is 1. The van der Waals surface area contributed by atoms with Gasteiger partial charge < -0.3 is 10.1 Å². The average molecular weight is 295 g/mol. The van der Waals surface area contributed by atoms with Crippen molar-refractivity contribution in [1.29, 1.82) is 5.41 Å². The van der Waals surface area contributed by atoms with Gasteiger partial charge in [-0.2, -0.15) is 0 Å². The van der Waals surface area contributed by atoms with E-state index in [0.717, 1.165) is 11.8 Å². The number of carbonyl (C=O) groups is 1. The molecule has 1 aromatic carbocycles. The van der Waals surface area contributed by atoms with E-state index in [4.69, 9.17) is 21.7 Å². The number of benzene rings is 1. The number of hydrogen-bond acceptors (Lipinski definition) is 4. The molecule has 0 atom stereocenters. The average Bonchev–Trinajstić information content (AvgIpc) is 2.67. The topological polar surface area (TPSA) is 62.2 Å². The predicted molar refractivity (Wildman–Crippen MR) is 78.6 cm³/mol. The molecule has 1 aromatic rings. The van der Waals surface area contributed by atoms with Crippen LogP contribution in [0.3, 0.4) is 0 Å². The zero-order valence-electron chi connectivity index (χ0n) is 9.90. The molecule has 1 heterocycles. The minimum Gasteiger partial charge on any atom is -0.489 e. The van der Waals surface area contributed by atoms with Gasteiger partial charge in [-0.15, -0.1) is 0 Å². The fraction of sp³-hybridized carbons (Fsp3) is 0.0769.